The molecule has 1 unspecified atom stereocenters. The number of esters is 1. The lowest BCUT2D eigenvalue weighted by molar-refractivity contribution is -0.213. The third-order valence-corrected chi connectivity index (χ3v) is 10.7. The Hall–Kier alpha value is -1.93. The molecule has 8 atom stereocenters. The molecule has 0 heterocycles. The smallest absolute Gasteiger partial charge is 0.303 e. The first-order chi connectivity index (χ1) is 19.7. The number of allylic oxidation sites excluding steroid dienone is 4. The molecule has 0 amide bonds. The highest BCUT2D eigenvalue weighted by Gasteiger charge is 2.75. The maximum atomic E-state index is 17.4. The van der Waals surface area contributed by atoms with Crippen LogP contribution in [0, 0.1) is 34.0 Å². The predicted molar refractivity (Wildman–Crippen MR) is 160 cm³/mol. The monoisotopic (exact) mass is 593 g/mol. The van der Waals surface area contributed by atoms with Gasteiger partial charge in [-0.2, -0.15) is 0 Å². The van der Waals surface area contributed by atoms with E-state index in [1.165, 1.54) is 31.6 Å². The Morgan fingerprint density at radius 3 is 2.33 bits per heavy atom. The molecule has 0 spiro atoms. The van der Waals surface area contributed by atoms with E-state index in [1.807, 2.05) is 27.8 Å². The number of halogens is 2. The standard InChI is InChI=1S/C29H39F2NO5.C3H8.C2H6/c1-17(33)37-15-25(36)28(16-32(4)14-18-5-6-18)10-8-20-21-12-23(30)22-11-19(34)7-9-26(22,2)29(21,31)24(35)13-27(20,28)3;1-3-2;1-2/h7,9,11,18,20-21,23-24,35H,5-6,8,10,12-16H2,1-4H3;3H2,1-2H3;1-2H3/t20?,21-,23-,24-,26-,27-,28-,29-;;/m0../s1. The molecule has 0 aromatic rings. The second-order valence-electron chi connectivity index (χ2n) is 13.5. The van der Waals surface area contributed by atoms with E-state index in [0.717, 1.165) is 19.4 Å². The highest BCUT2D eigenvalue weighted by atomic mass is 19.1. The van der Waals surface area contributed by atoms with Crippen LogP contribution in [0.2, 0.25) is 0 Å². The Morgan fingerprint density at radius 1 is 1.14 bits per heavy atom. The topological polar surface area (TPSA) is 83.9 Å². The molecule has 0 aromatic heterocycles. The summed E-state index contributed by atoms with van der Waals surface area (Å²) in [5.74, 6) is -1.70. The summed E-state index contributed by atoms with van der Waals surface area (Å²) < 4.78 is 38.2. The van der Waals surface area contributed by atoms with Gasteiger partial charge in [0.15, 0.2) is 23.8 Å². The van der Waals surface area contributed by atoms with Gasteiger partial charge in [0, 0.05) is 31.3 Å². The number of carbonyl (C=O) groups excluding carboxylic acids is 3. The number of aliphatic hydroxyl groups excluding tert-OH is 1. The van der Waals surface area contributed by atoms with Crippen LogP contribution in [0.15, 0.2) is 23.8 Å². The Morgan fingerprint density at radius 2 is 1.76 bits per heavy atom. The highest BCUT2D eigenvalue weighted by molar-refractivity contribution is 6.01. The molecule has 5 aliphatic rings. The molecular weight excluding hydrogens is 540 g/mol. The molecular formula is C34H53F2NO5. The van der Waals surface area contributed by atoms with Gasteiger partial charge in [0.05, 0.1) is 11.5 Å². The number of ether oxygens (including phenoxy) is 1. The zero-order chi connectivity index (χ0) is 31.7. The summed E-state index contributed by atoms with van der Waals surface area (Å²) in [4.78, 5) is 39.7. The first-order valence-corrected chi connectivity index (χ1v) is 16.0. The Labute approximate surface area is 251 Å². The number of rotatable bonds is 7. The van der Waals surface area contributed by atoms with E-state index in [1.54, 1.807) is 6.92 Å². The number of hydrogen-bond donors (Lipinski definition) is 1. The Balaban J connectivity index is 0.000000910. The maximum absolute atomic E-state index is 17.4. The van der Waals surface area contributed by atoms with Gasteiger partial charge in [0.2, 0.25) is 0 Å². The lowest BCUT2D eigenvalue weighted by atomic mass is 9.43. The largest absolute Gasteiger partial charge is 0.458 e. The minimum atomic E-state index is -2.17. The molecule has 1 N–H and O–H groups in total. The Bertz CT molecular complexity index is 1090. The van der Waals surface area contributed by atoms with Gasteiger partial charge < -0.3 is 14.7 Å². The quantitative estimate of drug-likeness (QED) is 0.354. The van der Waals surface area contributed by atoms with Crippen LogP contribution in [0.1, 0.15) is 93.4 Å². The van der Waals surface area contributed by atoms with Gasteiger partial charge in [0.25, 0.3) is 0 Å². The van der Waals surface area contributed by atoms with Crippen LogP contribution in [-0.2, 0) is 19.1 Å². The summed E-state index contributed by atoms with van der Waals surface area (Å²) in [7, 11) is 1.98. The van der Waals surface area contributed by atoms with Crippen LogP contribution >= 0.6 is 0 Å². The van der Waals surface area contributed by atoms with Crippen LogP contribution in [0.5, 0.6) is 0 Å². The van der Waals surface area contributed by atoms with Crippen molar-refractivity contribution in [2.75, 3.05) is 26.7 Å². The number of Topliss-reactive ketones (excluding diaryl/α,β-unsaturated/α-hetero) is 1. The minimum absolute atomic E-state index is 0.0371. The second kappa shape index (κ2) is 13.0. The van der Waals surface area contributed by atoms with Crippen molar-refractivity contribution in [3.8, 4) is 0 Å². The first-order valence-electron chi connectivity index (χ1n) is 16.0. The number of hydrogen-bond acceptors (Lipinski definition) is 6. The molecule has 4 saturated carbocycles. The fourth-order valence-corrected chi connectivity index (χ4v) is 8.70. The van der Waals surface area contributed by atoms with E-state index >= 15 is 8.78 Å². The van der Waals surface area contributed by atoms with Crippen molar-refractivity contribution >= 4 is 17.5 Å². The van der Waals surface area contributed by atoms with Gasteiger partial charge in [-0.15, -0.1) is 0 Å². The van der Waals surface area contributed by atoms with Gasteiger partial charge in [-0.1, -0.05) is 47.1 Å². The van der Waals surface area contributed by atoms with E-state index in [4.69, 9.17) is 4.74 Å². The van der Waals surface area contributed by atoms with Crippen molar-refractivity contribution in [3.63, 3.8) is 0 Å². The summed E-state index contributed by atoms with van der Waals surface area (Å²) >= 11 is 0. The number of nitrogens with zero attached hydrogens (tertiary/aromatic N) is 1. The molecule has 6 nitrogen and oxygen atoms in total. The van der Waals surface area contributed by atoms with Crippen LogP contribution in [0.25, 0.3) is 0 Å². The summed E-state index contributed by atoms with van der Waals surface area (Å²) in [6.07, 6.45) is 5.40. The second-order valence-corrected chi connectivity index (χ2v) is 13.5. The summed E-state index contributed by atoms with van der Waals surface area (Å²) in [5.41, 5.74) is -5.29. The van der Waals surface area contributed by atoms with E-state index < -0.39 is 46.1 Å². The van der Waals surface area contributed by atoms with Crippen molar-refractivity contribution in [2.45, 2.75) is 111 Å². The summed E-state index contributed by atoms with van der Waals surface area (Å²) in [6.45, 7) is 14.0. The number of ketones is 2. The molecule has 0 aromatic carbocycles. The van der Waals surface area contributed by atoms with E-state index in [9.17, 15) is 19.5 Å². The Kier molecular flexibility index (Phi) is 10.7. The SMILES string of the molecule is CC.CC(=O)OCC(=O)[C@@]1(CN(C)CC2CC2)CCC2[C@@H]3C[C@H](F)C4=CC(=O)C=C[C@]4(C)[C@@]3(F)[C@@H](O)C[C@@]21C.CCC. The summed E-state index contributed by atoms with van der Waals surface area (Å²) in [5, 5.41) is 11.6. The number of alkyl halides is 2. The van der Waals surface area contributed by atoms with Gasteiger partial charge in [-0.3, -0.25) is 14.4 Å². The average molecular weight is 594 g/mol. The first kappa shape index (κ1) is 34.6. The van der Waals surface area contributed by atoms with Crippen LogP contribution in [-0.4, -0.2) is 72.2 Å². The minimum Gasteiger partial charge on any atom is -0.458 e. The molecule has 0 aliphatic heterocycles. The molecule has 5 aliphatic carbocycles. The fraction of sp³-hybridized carbons (Fsp3) is 0.794. The summed E-state index contributed by atoms with van der Waals surface area (Å²) in [6, 6.07) is 0. The van der Waals surface area contributed by atoms with Gasteiger partial charge >= 0.3 is 5.97 Å². The molecule has 238 valence electrons. The number of carbonyl (C=O) groups is 3. The van der Waals surface area contributed by atoms with Gasteiger partial charge in [-0.05, 0) is 87.5 Å². The lowest BCUT2D eigenvalue weighted by Crippen LogP contribution is -2.70. The van der Waals surface area contributed by atoms with E-state index in [-0.39, 0.29) is 42.5 Å². The average Bonchev–Trinajstić information content (AvgIpc) is 3.69. The lowest BCUT2D eigenvalue weighted by Gasteiger charge is -2.63. The van der Waals surface area contributed by atoms with E-state index in [2.05, 4.69) is 18.7 Å². The van der Waals surface area contributed by atoms with Gasteiger partial charge in [-0.25, -0.2) is 8.78 Å². The van der Waals surface area contributed by atoms with Crippen LogP contribution in [0.4, 0.5) is 8.78 Å². The third-order valence-electron chi connectivity index (χ3n) is 10.7. The van der Waals surface area contributed by atoms with Crippen molar-refractivity contribution in [3.05, 3.63) is 23.8 Å². The van der Waals surface area contributed by atoms with E-state index in [0.29, 0.717) is 25.3 Å². The molecule has 8 heteroatoms. The predicted octanol–water partition coefficient (Wildman–Crippen LogP) is 6.21. The van der Waals surface area contributed by atoms with Crippen LogP contribution in [0.3, 0.4) is 0 Å². The van der Waals surface area contributed by atoms with Gasteiger partial charge in [0.1, 0.15) is 6.17 Å². The highest BCUT2D eigenvalue weighted by Crippen LogP contribution is 2.72. The normalized spacial score (nSPS) is 39.9. The van der Waals surface area contributed by atoms with Crippen molar-refractivity contribution < 1.29 is 33.0 Å². The zero-order valence-corrected chi connectivity index (χ0v) is 27.0. The van der Waals surface area contributed by atoms with Crippen molar-refractivity contribution in [1.82, 2.24) is 4.90 Å². The maximum Gasteiger partial charge on any atom is 0.303 e. The van der Waals surface area contributed by atoms with Crippen LogP contribution < -0.4 is 0 Å². The fourth-order valence-electron chi connectivity index (χ4n) is 8.70. The number of aliphatic hydroxyl groups is 1. The van der Waals surface area contributed by atoms with Crippen molar-refractivity contribution in [1.29, 1.82) is 0 Å². The molecule has 0 saturated heterocycles. The molecule has 0 bridgehead atoms. The molecule has 0 radical (unpaired) electrons. The zero-order valence-electron chi connectivity index (χ0n) is 27.0. The molecule has 5 rings (SSSR count). The number of fused-ring (bicyclic) bond motifs is 5. The van der Waals surface area contributed by atoms with Crippen molar-refractivity contribution in [2.24, 2.45) is 34.0 Å². The third kappa shape index (κ3) is 5.67. The molecule has 4 fully saturated rings. The molecule has 42 heavy (non-hydrogen) atoms.